The van der Waals surface area contributed by atoms with E-state index in [0.29, 0.717) is 29.3 Å². The number of amides is 1. The van der Waals surface area contributed by atoms with Crippen molar-refractivity contribution in [1.29, 1.82) is 0 Å². The molecule has 0 radical (unpaired) electrons. The van der Waals surface area contributed by atoms with Crippen molar-refractivity contribution in [3.05, 3.63) is 52.5 Å². The zero-order chi connectivity index (χ0) is 16.2. The minimum absolute atomic E-state index is 0.218. The van der Waals surface area contributed by atoms with E-state index in [0.717, 1.165) is 17.1 Å². The molecule has 0 fully saturated rings. The van der Waals surface area contributed by atoms with Gasteiger partial charge in [0.15, 0.2) is 11.5 Å². The van der Waals surface area contributed by atoms with Gasteiger partial charge in [-0.15, -0.1) is 0 Å². The van der Waals surface area contributed by atoms with Crippen LogP contribution in [-0.4, -0.2) is 26.4 Å². The lowest BCUT2D eigenvalue weighted by atomic mass is 10.1. The predicted octanol–water partition coefficient (Wildman–Crippen LogP) is 3.05. The number of methoxy groups -OCH3 is 1. The van der Waals surface area contributed by atoms with Gasteiger partial charge in [-0.3, -0.25) is 4.79 Å². The fourth-order valence-electron chi connectivity index (χ4n) is 2.37. The van der Waals surface area contributed by atoms with Crippen LogP contribution in [0, 0.1) is 0 Å². The largest absolute Gasteiger partial charge is 0.496 e. The zero-order valence-electron chi connectivity index (χ0n) is 12.6. The van der Waals surface area contributed by atoms with E-state index in [1.165, 1.54) is 7.11 Å². The standard InChI is InChI=1S/C17H16ClNO4/c1-21-14-5-3-12(18)9-13(14)17(20)19-7-6-11-2-4-15-16(8-11)23-10-22-15/h2-5,8-9H,6-7,10H2,1H3,(H,19,20). The summed E-state index contributed by atoms with van der Waals surface area (Å²) >= 11 is 5.94. The quantitative estimate of drug-likeness (QED) is 0.913. The monoisotopic (exact) mass is 333 g/mol. The summed E-state index contributed by atoms with van der Waals surface area (Å²) in [7, 11) is 1.52. The first-order valence-electron chi connectivity index (χ1n) is 7.17. The second kappa shape index (κ2) is 6.79. The molecule has 0 atom stereocenters. The van der Waals surface area contributed by atoms with Gasteiger partial charge in [-0.2, -0.15) is 0 Å². The third-order valence-electron chi connectivity index (χ3n) is 3.54. The van der Waals surface area contributed by atoms with Gasteiger partial charge in [-0.25, -0.2) is 0 Å². The molecule has 5 nitrogen and oxygen atoms in total. The molecule has 1 N–H and O–H groups in total. The van der Waals surface area contributed by atoms with E-state index in [9.17, 15) is 4.79 Å². The summed E-state index contributed by atoms with van der Waals surface area (Å²) in [4.78, 5) is 12.3. The molecule has 0 unspecified atom stereocenters. The number of ether oxygens (including phenoxy) is 3. The van der Waals surface area contributed by atoms with E-state index in [1.807, 2.05) is 18.2 Å². The number of halogens is 1. The van der Waals surface area contributed by atoms with Crippen molar-refractivity contribution in [2.24, 2.45) is 0 Å². The van der Waals surface area contributed by atoms with Gasteiger partial charge < -0.3 is 19.5 Å². The number of hydrogen-bond donors (Lipinski definition) is 1. The van der Waals surface area contributed by atoms with E-state index in [1.54, 1.807) is 18.2 Å². The van der Waals surface area contributed by atoms with Crippen molar-refractivity contribution in [2.45, 2.75) is 6.42 Å². The van der Waals surface area contributed by atoms with Crippen molar-refractivity contribution in [3.63, 3.8) is 0 Å². The summed E-state index contributed by atoms with van der Waals surface area (Å²) in [5.41, 5.74) is 1.48. The van der Waals surface area contributed by atoms with Crippen molar-refractivity contribution in [1.82, 2.24) is 5.32 Å². The van der Waals surface area contributed by atoms with Crippen LogP contribution in [0.3, 0.4) is 0 Å². The Kier molecular flexibility index (Phi) is 4.57. The van der Waals surface area contributed by atoms with Crippen molar-refractivity contribution in [2.75, 3.05) is 20.4 Å². The Morgan fingerprint density at radius 1 is 1.22 bits per heavy atom. The molecule has 0 spiro atoms. The Labute approximate surface area is 139 Å². The minimum atomic E-state index is -0.218. The van der Waals surface area contributed by atoms with Gasteiger partial charge >= 0.3 is 0 Å². The lowest BCUT2D eigenvalue weighted by Crippen LogP contribution is -2.26. The maximum absolute atomic E-state index is 12.3. The Bertz CT molecular complexity index is 733. The Hall–Kier alpha value is -2.40. The van der Waals surface area contributed by atoms with Gasteiger partial charge in [0.1, 0.15) is 5.75 Å². The molecule has 1 amide bonds. The highest BCUT2D eigenvalue weighted by Gasteiger charge is 2.14. The van der Waals surface area contributed by atoms with Crippen LogP contribution in [0.15, 0.2) is 36.4 Å². The van der Waals surface area contributed by atoms with Crippen LogP contribution in [0.2, 0.25) is 5.02 Å². The second-order valence-electron chi connectivity index (χ2n) is 5.04. The van der Waals surface area contributed by atoms with Gasteiger partial charge in [0.05, 0.1) is 12.7 Å². The SMILES string of the molecule is COc1ccc(Cl)cc1C(=O)NCCc1ccc2c(c1)OCO2. The summed E-state index contributed by atoms with van der Waals surface area (Å²) in [5.74, 6) is 1.77. The highest BCUT2D eigenvalue weighted by molar-refractivity contribution is 6.31. The number of rotatable bonds is 5. The van der Waals surface area contributed by atoms with Crippen LogP contribution in [0.25, 0.3) is 0 Å². The third kappa shape index (κ3) is 3.51. The summed E-state index contributed by atoms with van der Waals surface area (Å²) in [6.45, 7) is 0.748. The van der Waals surface area contributed by atoms with Gasteiger partial charge in [-0.1, -0.05) is 17.7 Å². The molecule has 0 aromatic heterocycles. The summed E-state index contributed by atoms with van der Waals surface area (Å²) in [5, 5.41) is 3.36. The van der Waals surface area contributed by atoms with Crippen LogP contribution < -0.4 is 19.5 Å². The number of carbonyl (C=O) groups is 1. The predicted molar refractivity (Wildman–Crippen MR) is 86.6 cm³/mol. The van der Waals surface area contributed by atoms with E-state index in [4.69, 9.17) is 25.8 Å². The van der Waals surface area contributed by atoms with Crippen LogP contribution in [0.1, 0.15) is 15.9 Å². The van der Waals surface area contributed by atoms with Gasteiger partial charge in [0.2, 0.25) is 6.79 Å². The first-order valence-corrected chi connectivity index (χ1v) is 7.55. The molecule has 0 bridgehead atoms. The van der Waals surface area contributed by atoms with Gasteiger partial charge in [-0.05, 0) is 42.3 Å². The first kappa shape index (κ1) is 15.5. The Balaban J connectivity index is 1.60. The number of carbonyl (C=O) groups excluding carboxylic acids is 1. The first-order chi connectivity index (χ1) is 11.2. The summed E-state index contributed by atoms with van der Waals surface area (Å²) < 4.78 is 15.8. The number of nitrogens with one attached hydrogen (secondary N) is 1. The highest BCUT2D eigenvalue weighted by Crippen LogP contribution is 2.32. The highest BCUT2D eigenvalue weighted by atomic mass is 35.5. The van der Waals surface area contributed by atoms with Crippen molar-refractivity contribution in [3.8, 4) is 17.2 Å². The molecule has 0 aliphatic carbocycles. The molecular formula is C17H16ClNO4. The molecular weight excluding hydrogens is 318 g/mol. The van der Waals surface area contributed by atoms with Gasteiger partial charge in [0.25, 0.3) is 5.91 Å². The minimum Gasteiger partial charge on any atom is -0.496 e. The molecule has 2 aromatic rings. The topological polar surface area (TPSA) is 56.8 Å². The van der Waals surface area contributed by atoms with E-state index >= 15 is 0 Å². The average molecular weight is 334 g/mol. The molecule has 0 saturated carbocycles. The molecule has 0 saturated heterocycles. The molecule has 1 heterocycles. The lowest BCUT2D eigenvalue weighted by molar-refractivity contribution is 0.0951. The summed E-state index contributed by atoms with van der Waals surface area (Å²) in [6, 6.07) is 10.7. The fourth-order valence-corrected chi connectivity index (χ4v) is 2.54. The van der Waals surface area contributed by atoms with E-state index < -0.39 is 0 Å². The third-order valence-corrected chi connectivity index (χ3v) is 3.78. The van der Waals surface area contributed by atoms with Crippen LogP contribution in [0.5, 0.6) is 17.2 Å². The number of benzene rings is 2. The van der Waals surface area contributed by atoms with Crippen LogP contribution >= 0.6 is 11.6 Å². The maximum atomic E-state index is 12.3. The van der Waals surface area contributed by atoms with Crippen LogP contribution in [-0.2, 0) is 6.42 Å². The molecule has 2 aromatic carbocycles. The molecule has 1 aliphatic rings. The van der Waals surface area contributed by atoms with Crippen molar-refractivity contribution < 1.29 is 19.0 Å². The number of fused-ring (bicyclic) bond motifs is 1. The second-order valence-corrected chi connectivity index (χ2v) is 5.47. The smallest absolute Gasteiger partial charge is 0.255 e. The van der Waals surface area contributed by atoms with Crippen LogP contribution in [0.4, 0.5) is 0 Å². The summed E-state index contributed by atoms with van der Waals surface area (Å²) in [6.07, 6.45) is 0.686. The lowest BCUT2D eigenvalue weighted by Gasteiger charge is -2.10. The molecule has 23 heavy (non-hydrogen) atoms. The Morgan fingerprint density at radius 2 is 2.04 bits per heavy atom. The zero-order valence-corrected chi connectivity index (χ0v) is 13.4. The molecule has 1 aliphatic heterocycles. The van der Waals surface area contributed by atoms with Crippen molar-refractivity contribution >= 4 is 17.5 Å². The normalized spacial score (nSPS) is 12.1. The molecule has 120 valence electrons. The van der Waals surface area contributed by atoms with E-state index in [2.05, 4.69) is 5.32 Å². The maximum Gasteiger partial charge on any atom is 0.255 e. The Morgan fingerprint density at radius 3 is 2.87 bits per heavy atom. The molecule has 6 heteroatoms. The van der Waals surface area contributed by atoms with E-state index in [-0.39, 0.29) is 12.7 Å². The average Bonchev–Trinajstić information content (AvgIpc) is 3.02. The molecule has 3 rings (SSSR count). The number of hydrogen-bond acceptors (Lipinski definition) is 4. The fraction of sp³-hybridized carbons (Fsp3) is 0.235. The van der Waals surface area contributed by atoms with Gasteiger partial charge in [0, 0.05) is 11.6 Å².